The van der Waals surface area contributed by atoms with Crippen LogP contribution in [0.2, 0.25) is 0 Å². The Kier molecular flexibility index (Phi) is 4.06. The average Bonchev–Trinajstić information content (AvgIpc) is 3.17. The standard InChI is InChI=1S/C17H17N3OS/c1-3-20-15(16-5-4-10-22-16)11-14(19-20)17(21)18-13-8-6-12(2)7-9-13/h4-11H,3H2,1-2H3,(H,18,21). The summed E-state index contributed by atoms with van der Waals surface area (Å²) >= 11 is 1.64. The summed E-state index contributed by atoms with van der Waals surface area (Å²) in [5.41, 5.74) is 3.35. The number of amides is 1. The van der Waals surface area contributed by atoms with Gasteiger partial charge in [-0.05, 0) is 43.5 Å². The van der Waals surface area contributed by atoms with Gasteiger partial charge in [-0.2, -0.15) is 5.10 Å². The van der Waals surface area contributed by atoms with E-state index >= 15 is 0 Å². The Morgan fingerprint density at radius 1 is 1.27 bits per heavy atom. The minimum atomic E-state index is -0.186. The van der Waals surface area contributed by atoms with E-state index in [0.29, 0.717) is 5.69 Å². The van der Waals surface area contributed by atoms with Crippen molar-refractivity contribution in [1.82, 2.24) is 9.78 Å². The van der Waals surface area contributed by atoms with Crippen molar-refractivity contribution >= 4 is 22.9 Å². The molecule has 0 spiro atoms. The summed E-state index contributed by atoms with van der Waals surface area (Å²) in [6, 6.07) is 13.6. The second-order valence-electron chi connectivity index (χ2n) is 5.03. The summed E-state index contributed by atoms with van der Waals surface area (Å²) in [6.07, 6.45) is 0. The maximum absolute atomic E-state index is 12.4. The van der Waals surface area contributed by atoms with E-state index in [1.165, 1.54) is 0 Å². The molecular formula is C17H17N3OS. The highest BCUT2D eigenvalue weighted by Gasteiger charge is 2.15. The van der Waals surface area contributed by atoms with E-state index in [4.69, 9.17) is 0 Å². The lowest BCUT2D eigenvalue weighted by Crippen LogP contribution is -2.13. The van der Waals surface area contributed by atoms with Crippen molar-refractivity contribution in [3.8, 4) is 10.6 Å². The smallest absolute Gasteiger partial charge is 0.276 e. The maximum atomic E-state index is 12.4. The van der Waals surface area contributed by atoms with E-state index in [2.05, 4.69) is 10.4 Å². The number of nitrogens with zero attached hydrogens (tertiary/aromatic N) is 2. The minimum Gasteiger partial charge on any atom is -0.321 e. The van der Waals surface area contributed by atoms with Crippen LogP contribution in [-0.4, -0.2) is 15.7 Å². The van der Waals surface area contributed by atoms with Gasteiger partial charge in [0.05, 0.1) is 10.6 Å². The van der Waals surface area contributed by atoms with Crippen LogP contribution in [-0.2, 0) is 6.54 Å². The molecule has 0 aliphatic rings. The summed E-state index contributed by atoms with van der Waals surface area (Å²) in [5, 5.41) is 9.32. The molecule has 0 bridgehead atoms. The molecule has 0 radical (unpaired) electrons. The van der Waals surface area contributed by atoms with Crippen LogP contribution in [0.3, 0.4) is 0 Å². The van der Waals surface area contributed by atoms with Crippen molar-refractivity contribution in [1.29, 1.82) is 0 Å². The molecular weight excluding hydrogens is 294 g/mol. The van der Waals surface area contributed by atoms with Gasteiger partial charge in [-0.1, -0.05) is 23.8 Å². The predicted molar refractivity (Wildman–Crippen MR) is 90.3 cm³/mol. The molecule has 22 heavy (non-hydrogen) atoms. The first kappa shape index (κ1) is 14.5. The zero-order valence-corrected chi connectivity index (χ0v) is 13.4. The number of aromatic nitrogens is 2. The van der Waals surface area contributed by atoms with E-state index in [0.717, 1.165) is 28.4 Å². The fourth-order valence-corrected chi connectivity index (χ4v) is 2.97. The Morgan fingerprint density at radius 2 is 2.05 bits per heavy atom. The maximum Gasteiger partial charge on any atom is 0.276 e. The monoisotopic (exact) mass is 311 g/mol. The van der Waals surface area contributed by atoms with Gasteiger partial charge in [-0.3, -0.25) is 9.48 Å². The normalized spacial score (nSPS) is 10.6. The molecule has 0 aliphatic heterocycles. The average molecular weight is 311 g/mol. The lowest BCUT2D eigenvalue weighted by molar-refractivity contribution is 0.102. The molecule has 4 nitrogen and oxygen atoms in total. The van der Waals surface area contributed by atoms with Crippen LogP contribution in [0.15, 0.2) is 47.8 Å². The van der Waals surface area contributed by atoms with Gasteiger partial charge in [-0.25, -0.2) is 0 Å². The first-order valence-electron chi connectivity index (χ1n) is 7.17. The molecule has 0 unspecified atom stereocenters. The van der Waals surface area contributed by atoms with Crippen molar-refractivity contribution in [2.75, 3.05) is 5.32 Å². The van der Waals surface area contributed by atoms with Crippen LogP contribution in [0, 0.1) is 6.92 Å². The number of hydrogen-bond acceptors (Lipinski definition) is 3. The number of rotatable bonds is 4. The van der Waals surface area contributed by atoms with Crippen LogP contribution in [0.1, 0.15) is 23.0 Å². The molecule has 2 aromatic heterocycles. The molecule has 0 saturated heterocycles. The molecule has 5 heteroatoms. The molecule has 0 aliphatic carbocycles. The van der Waals surface area contributed by atoms with Crippen molar-refractivity contribution in [3.63, 3.8) is 0 Å². The Balaban J connectivity index is 1.85. The first-order valence-corrected chi connectivity index (χ1v) is 8.05. The van der Waals surface area contributed by atoms with Crippen molar-refractivity contribution in [2.45, 2.75) is 20.4 Å². The van der Waals surface area contributed by atoms with Gasteiger partial charge in [0.25, 0.3) is 5.91 Å². The third-order valence-corrected chi connectivity index (χ3v) is 4.29. The molecule has 3 aromatic rings. The van der Waals surface area contributed by atoms with Gasteiger partial charge in [0.15, 0.2) is 5.69 Å². The van der Waals surface area contributed by atoms with Crippen molar-refractivity contribution < 1.29 is 4.79 Å². The van der Waals surface area contributed by atoms with Gasteiger partial charge in [0.1, 0.15) is 0 Å². The zero-order valence-electron chi connectivity index (χ0n) is 12.5. The van der Waals surface area contributed by atoms with E-state index in [1.54, 1.807) is 11.3 Å². The molecule has 1 amide bonds. The molecule has 1 aromatic carbocycles. The van der Waals surface area contributed by atoms with Gasteiger partial charge < -0.3 is 5.32 Å². The number of nitrogens with one attached hydrogen (secondary N) is 1. The number of carbonyl (C=O) groups is 1. The van der Waals surface area contributed by atoms with Crippen LogP contribution in [0.4, 0.5) is 5.69 Å². The van der Waals surface area contributed by atoms with Crippen molar-refractivity contribution in [3.05, 3.63) is 59.1 Å². The van der Waals surface area contributed by atoms with Crippen LogP contribution in [0.5, 0.6) is 0 Å². The topological polar surface area (TPSA) is 46.9 Å². The zero-order chi connectivity index (χ0) is 15.5. The number of benzene rings is 1. The molecule has 0 fully saturated rings. The Bertz CT molecular complexity index is 773. The molecule has 1 N–H and O–H groups in total. The third-order valence-electron chi connectivity index (χ3n) is 3.40. The molecule has 112 valence electrons. The summed E-state index contributed by atoms with van der Waals surface area (Å²) in [5.74, 6) is -0.186. The predicted octanol–water partition coefficient (Wildman–Crippen LogP) is 4.19. The molecule has 3 rings (SSSR count). The summed E-state index contributed by atoms with van der Waals surface area (Å²) in [4.78, 5) is 13.5. The Labute approximate surface area is 133 Å². The van der Waals surface area contributed by atoms with E-state index in [-0.39, 0.29) is 5.91 Å². The van der Waals surface area contributed by atoms with Gasteiger partial charge in [0, 0.05) is 12.2 Å². The second-order valence-corrected chi connectivity index (χ2v) is 5.98. The fraction of sp³-hybridized carbons (Fsp3) is 0.176. The van der Waals surface area contributed by atoms with E-state index in [9.17, 15) is 4.79 Å². The molecule has 0 atom stereocenters. The fourth-order valence-electron chi connectivity index (χ4n) is 2.22. The second kappa shape index (κ2) is 6.15. The number of carbonyl (C=O) groups excluding carboxylic acids is 1. The van der Waals surface area contributed by atoms with Crippen molar-refractivity contribution in [2.24, 2.45) is 0 Å². The number of hydrogen-bond donors (Lipinski definition) is 1. The summed E-state index contributed by atoms with van der Waals surface area (Å²) in [7, 11) is 0. The number of anilines is 1. The quantitative estimate of drug-likeness (QED) is 0.785. The first-order chi connectivity index (χ1) is 10.7. The molecule has 0 saturated carbocycles. The van der Waals surface area contributed by atoms with Crippen LogP contribution >= 0.6 is 11.3 Å². The minimum absolute atomic E-state index is 0.186. The lowest BCUT2D eigenvalue weighted by Gasteiger charge is -2.03. The Hall–Kier alpha value is -2.40. The summed E-state index contributed by atoms with van der Waals surface area (Å²) in [6.45, 7) is 4.76. The molecule has 2 heterocycles. The van der Waals surface area contributed by atoms with Crippen LogP contribution < -0.4 is 5.32 Å². The largest absolute Gasteiger partial charge is 0.321 e. The SMILES string of the molecule is CCn1nc(C(=O)Nc2ccc(C)cc2)cc1-c1cccs1. The van der Waals surface area contributed by atoms with Gasteiger partial charge in [0.2, 0.25) is 0 Å². The number of aryl methyl sites for hydroxylation is 2. The van der Waals surface area contributed by atoms with E-state index in [1.807, 2.05) is 66.4 Å². The summed E-state index contributed by atoms with van der Waals surface area (Å²) < 4.78 is 1.86. The van der Waals surface area contributed by atoms with Gasteiger partial charge in [-0.15, -0.1) is 11.3 Å². The lowest BCUT2D eigenvalue weighted by atomic mass is 10.2. The van der Waals surface area contributed by atoms with Gasteiger partial charge >= 0.3 is 0 Å². The van der Waals surface area contributed by atoms with E-state index < -0.39 is 0 Å². The highest BCUT2D eigenvalue weighted by atomic mass is 32.1. The highest BCUT2D eigenvalue weighted by molar-refractivity contribution is 7.13. The third kappa shape index (κ3) is 2.94. The number of thiophene rings is 1. The Morgan fingerprint density at radius 3 is 2.68 bits per heavy atom. The van der Waals surface area contributed by atoms with Crippen LogP contribution in [0.25, 0.3) is 10.6 Å². The highest BCUT2D eigenvalue weighted by Crippen LogP contribution is 2.25.